The second-order valence-corrected chi connectivity index (χ2v) is 4.72. The lowest BCUT2D eigenvalue weighted by Crippen LogP contribution is -2.29. The number of carbonyl (C=O) groups excluding carboxylic acids is 1. The molecule has 0 aliphatic carbocycles. The second-order valence-electron chi connectivity index (χ2n) is 4.72. The van der Waals surface area contributed by atoms with Gasteiger partial charge in [-0.3, -0.25) is 15.0 Å². The van der Waals surface area contributed by atoms with Gasteiger partial charge >= 0.3 is 6.09 Å². The van der Waals surface area contributed by atoms with Gasteiger partial charge in [-0.05, 0) is 24.3 Å². The van der Waals surface area contributed by atoms with Gasteiger partial charge in [0.2, 0.25) is 0 Å². The Morgan fingerprint density at radius 1 is 1.04 bits per heavy atom. The van der Waals surface area contributed by atoms with Crippen molar-refractivity contribution in [3.8, 4) is 17.2 Å². The Morgan fingerprint density at radius 2 is 1.67 bits per heavy atom. The highest BCUT2D eigenvalue weighted by Crippen LogP contribution is 2.31. The first-order valence-corrected chi connectivity index (χ1v) is 6.88. The van der Waals surface area contributed by atoms with Crippen LogP contribution in [0.2, 0.25) is 0 Å². The number of ether oxygens (including phenoxy) is 3. The van der Waals surface area contributed by atoms with Crippen molar-refractivity contribution in [3.63, 3.8) is 0 Å². The third-order valence-corrected chi connectivity index (χ3v) is 3.28. The summed E-state index contributed by atoms with van der Waals surface area (Å²) < 4.78 is 15.5. The molecule has 8 nitrogen and oxygen atoms in total. The topological polar surface area (TPSA) is 91.1 Å². The number of amides is 1. The van der Waals surface area contributed by atoms with E-state index >= 15 is 0 Å². The molecular weight excluding hydrogens is 316 g/mol. The molecule has 0 heterocycles. The molecule has 0 saturated carbocycles. The number of nitro groups is 1. The van der Waals surface area contributed by atoms with E-state index in [0.29, 0.717) is 17.2 Å². The third kappa shape index (κ3) is 3.72. The number of methoxy groups -OCH3 is 2. The molecule has 0 saturated heterocycles. The molecule has 0 aliphatic rings. The zero-order chi connectivity index (χ0) is 17.7. The number of non-ortho nitro benzene ring substituents is 1. The van der Waals surface area contributed by atoms with E-state index in [9.17, 15) is 14.9 Å². The molecule has 2 aromatic carbocycles. The Morgan fingerprint density at radius 3 is 2.21 bits per heavy atom. The maximum Gasteiger partial charge on any atom is 0.419 e. The summed E-state index contributed by atoms with van der Waals surface area (Å²) in [4.78, 5) is 23.5. The second kappa shape index (κ2) is 7.32. The summed E-state index contributed by atoms with van der Waals surface area (Å²) in [5.41, 5.74) is 0.461. The molecular formula is C16H16N2O6. The molecule has 0 unspecified atom stereocenters. The van der Waals surface area contributed by atoms with Crippen LogP contribution >= 0.6 is 0 Å². The highest BCUT2D eigenvalue weighted by Gasteiger charge is 2.16. The summed E-state index contributed by atoms with van der Waals surface area (Å²) in [6.07, 6.45) is -0.643. The highest BCUT2D eigenvalue weighted by molar-refractivity contribution is 5.89. The van der Waals surface area contributed by atoms with Crippen molar-refractivity contribution in [2.24, 2.45) is 0 Å². The van der Waals surface area contributed by atoms with Gasteiger partial charge in [0.25, 0.3) is 5.69 Å². The number of anilines is 1. The summed E-state index contributed by atoms with van der Waals surface area (Å²) in [6, 6.07) is 10.2. The first-order chi connectivity index (χ1) is 11.5. The van der Waals surface area contributed by atoms with Crippen LogP contribution in [0.15, 0.2) is 42.5 Å². The molecule has 0 fully saturated rings. The van der Waals surface area contributed by atoms with Crippen LogP contribution in [0.4, 0.5) is 16.2 Å². The molecule has 2 rings (SSSR count). The number of nitrogens with zero attached hydrogens (tertiary/aromatic N) is 2. The monoisotopic (exact) mass is 332 g/mol. The van der Waals surface area contributed by atoms with Gasteiger partial charge in [0.15, 0.2) is 11.5 Å². The minimum absolute atomic E-state index is 0.0805. The quantitative estimate of drug-likeness (QED) is 0.616. The van der Waals surface area contributed by atoms with Crippen molar-refractivity contribution in [2.75, 3.05) is 26.2 Å². The predicted molar refractivity (Wildman–Crippen MR) is 87.1 cm³/mol. The van der Waals surface area contributed by atoms with E-state index in [1.165, 1.54) is 50.4 Å². The molecule has 0 aliphatic heterocycles. The molecule has 0 aromatic heterocycles. The molecule has 0 radical (unpaired) electrons. The average Bonchev–Trinajstić information content (AvgIpc) is 2.60. The van der Waals surface area contributed by atoms with E-state index in [1.54, 1.807) is 18.2 Å². The molecule has 2 aromatic rings. The van der Waals surface area contributed by atoms with Crippen LogP contribution in [0.3, 0.4) is 0 Å². The van der Waals surface area contributed by atoms with Gasteiger partial charge in [0.1, 0.15) is 5.75 Å². The van der Waals surface area contributed by atoms with Crippen LogP contribution in [-0.2, 0) is 0 Å². The number of hydrogen-bond acceptors (Lipinski definition) is 6. The molecule has 0 spiro atoms. The lowest BCUT2D eigenvalue weighted by Gasteiger charge is -2.18. The van der Waals surface area contributed by atoms with Crippen LogP contribution in [-0.4, -0.2) is 32.3 Å². The maximum absolute atomic E-state index is 12.2. The normalized spacial score (nSPS) is 9.96. The molecule has 1 amide bonds. The van der Waals surface area contributed by atoms with E-state index in [0.717, 1.165) is 0 Å². The Labute approximate surface area is 138 Å². The van der Waals surface area contributed by atoms with Gasteiger partial charge in [-0.25, -0.2) is 4.79 Å². The van der Waals surface area contributed by atoms with Gasteiger partial charge in [0, 0.05) is 25.2 Å². The van der Waals surface area contributed by atoms with Gasteiger partial charge in [-0.15, -0.1) is 0 Å². The van der Waals surface area contributed by atoms with Crippen LogP contribution < -0.4 is 19.1 Å². The average molecular weight is 332 g/mol. The summed E-state index contributed by atoms with van der Waals surface area (Å²) in [6.45, 7) is 0. The molecule has 126 valence electrons. The Hall–Kier alpha value is -3.29. The van der Waals surface area contributed by atoms with Crippen LogP contribution in [0.25, 0.3) is 0 Å². The predicted octanol–water partition coefficient (Wildman–Crippen LogP) is 3.25. The van der Waals surface area contributed by atoms with Crippen LogP contribution in [0.5, 0.6) is 17.2 Å². The number of nitro benzene ring substituents is 1. The van der Waals surface area contributed by atoms with Crippen molar-refractivity contribution >= 4 is 17.5 Å². The lowest BCUT2D eigenvalue weighted by molar-refractivity contribution is -0.384. The maximum atomic E-state index is 12.2. The fraction of sp³-hybridized carbons (Fsp3) is 0.188. The SMILES string of the molecule is COc1ccc(N(C)C(=O)Oc2ccc([N+](=O)[O-])cc2)cc1OC. The van der Waals surface area contributed by atoms with E-state index in [2.05, 4.69) is 0 Å². The summed E-state index contributed by atoms with van der Waals surface area (Å²) in [5.74, 6) is 1.22. The Balaban J connectivity index is 2.13. The van der Waals surface area contributed by atoms with Crippen LogP contribution in [0, 0.1) is 10.1 Å². The molecule has 24 heavy (non-hydrogen) atoms. The van der Waals surface area contributed by atoms with Gasteiger partial charge in [0.05, 0.1) is 24.8 Å². The molecule has 0 atom stereocenters. The first-order valence-electron chi connectivity index (χ1n) is 6.88. The van der Waals surface area contributed by atoms with Crippen molar-refractivity contribution in [1.29, 1.82) is 0 Å². The van der Waals surface area contributed by atoms with E-state index in [-0.39, 0.29) is 11.4 Å². The third-order valence-electron chi connectivity index (χ3n) is 3.28. The van der Waals surface area contributed by atoms with Crippen LogP contribution in [0.1, 0.15) is 0 Å². The molecule has 0 N–H and O–H groups in total. The summed E-state index contributed by atoms with van der Waals surface area (Å²) in [5, 5.41) is 10.6. The molecule has 0 bridgehead atoms. The number of carbonyl (C=O) groups is 1. The minimum atomic E-state index is -0.643. The lowest BCUT2D eigenvalue weighted by atomic mass is 10.2. The number of hydrogen-bond donors (Lipinski definition) is 0. The van der Waals surface area contributed by atoms with Crippen molar-refractivity contribution in [2.45, 2.75) is 0 Å². The number of benzene rings is 2. The van der Waals surface area contributed by atoms with E-state index in [4.69, 9.17) is 14.2 Å². The minimum Gasteiger partial charge on any atom is -0.493 e. The standard InChI is InChI=1S/C16H16N2O6/c1-17(12-6-9-14(22-2)15(10-12)23-3)16(19)24-13-7-4-11(5-8-13)18(20)21/h4-10H,1-3H3. The van der Waals surface area contributed by atoms with Crippen molar-refractivity contribution in [1.82, 2.24) is 0 Å². The van der Waals surface area contributed by atoms with E-state index < -0.39 is 11.0 Å². The Kier molecular flexibility index (Phi) is 5.20. The first kappa shape index (κ1) is 17.1. The van der Waals surface area contributed by atoms with E-state index in [1.807, 2.05) is 0 Å². The largest absolute Gasteiger partial charge is 0.493 e. The fourth-order valence-electron chi connectivity index (χ4n) is 1.94. The van der Waals surface area contributed by atoms with Gasteiger partial charge in [-0.1, -0.05) is 0 Å². The highest BCUT2D eigenvalue weighted by atomic mass is 16.6. The molecule has 8 heteroatoms. The Bertz CT molecular complexity index is 745. The van der Waals surface area contributed by atoms with Crippen molar-refractivity contribution < 1.29 is 23.9 Å². The number of rotatable bonds is 5. The van der Waals surface area contributed by atoms with Crippen molar-refractivity contribution in [3.05, 3.63) is 52.6 Å². The zero-order valence-corrected chi connectivity index (χ0v) is 13.4. The fourth-order valence-corrected chi connectivity index (χ4v) is 1.94. The van der Waals surface area contributed by atoms with Gasteiger partial charge < -0.3 is 14.2 Å². The smallest absolute Gasteiger partial charge is 0.419 e. The summed E-state index contributed by atoms with van der Waals surface area (Å²) in [7, 11) is 4.55. The van der Waals surface area contributed by atoms with Gasteiger partial charge in [-0.2, -0.15) is 0 Å². The zero-order valence-electron chi connectivity index (χ0n) is 13.4. The summed E-state index contributed by atoms with van der Waals surface area (Å²) >= 11 is 0.